The monoisotopic (exact) mass is 450 g/mol. The molecule has 1 aliphatic heterocycles. The molecule has 3 aromatic heterocycles. The average molecular weight is 450 g/mol. The summed E-state index contributed by atoms with van der Waals surface area (Å²) in [6.45, 7) is 1.96. The summed E-state index contributed by atoms with van der Waals surface area (Å²) in [5, 5.41) is 11.7. The van der Waals surface area contributed by atoms with Crippen LogP contribution in [0, 0.1) is 6.92 Å². The highest BCUT2D eigenvalue weighted by Gasteiger charge is 2.46. The number of anilines is 1. The normalized spacial score (nSPS) is 16.2. The van der Waals surface area contributed by atoms with Crippen molar-refractivity contribution in [3.05, 3.63) is 101 Å². The molecule has 0 aliphatic carbocycles. The van der Waals surface area contributed by atoms with Crippen LogP contribution >= 0.6 is 0 Å². The molecule has 0 radical (unpaired) electrons. The number of pyridine rings is 1. The number of aliphatic hydroxyl groups excluding tert-OH is 1. The van der Waals surface area contributed by atoms with E-state index in [1.807, 2.05) is 37.3 Å². The molecule has 1 amide bonds. The van der Waals surface area contributed by atoms with Crippen molar-refractivity contribution < 1.29 is 19.1 Å². The Hall–Kier alpha value is -4.72. The number of benzene rings is 2. The van der Waals surface area contributed by atoms with E-state index in [1.54, 1.807) is 42.7 Å². The van der Waals surface area contributed by atoms with E-state index in [4.69, 9.17) is 4.42 Å². The largest absolute Gasteiger partial charge is 0.503 e. The first-order valence-electron chi connectivity index (χ1n) is 10.7. The Bertz CT molecular complexity index is 1600. The Morgan fingerprint density at radius 1 is 1.09 bits per heavy atom. The molecule has 2 N–H and O–H groups in total. The number of para-hydroxylation sites is 1. The Morgan fingerprint density at radius 3 is 2.68 bits per heavy atom. The number of aromatic amines is 1. The Kier molecular flexibility index (Phi) is 4.35. The van der Waals surface area contributed by atoms with Crippen molar-refractivity contribution in [2.24, 2.45) is 0 Å². The van der Waals surface area contributed by atoms with Crippen LogP contribution in [0.2, 0.25) is 0 Å². The van der Waals surface area contributed by atoms with Gasteiger partial charge in [-0.05, 0) is 54.4 Å². The van der Waals surface area contributed by atoms with Gasteiger partial charge in [-0.3, -0.25) is 19.5 Å². The van der Waals surface area contributed by atoms with Gasteiger partial charge in [-0.2, -0.15) is 0 Å². The fourth-order valence-electron chi connectivity index (χ4n) is 4.37. The number of furan rings is 1. The highest BCUT2D eigenvalue weighted by Crippen LogP contribution is 2.41. The lowest BCUT2D eigenvalue weighted by Gasteiger charge is -2.24. The molecule has 1 atom stereocenters. The number of nitrogens with zero attached hydrogens (tertiary/aromatic N) is 3. The maximum absolute atomic E-state index is 13.6. The first kappa shape index (κ1) is 19.9. The summed E-state index contributed by atoms with van der Waals surface area (Å²) < 4.78 is 5.75. The zero-order valence-electron chi connectivity index (χ0n) is 18.0. The number of aromatic nitrogens is 3. The summed E-state index contributed by atoms with van der Waals surface area (Å²) in [4.78, 5) is 40.0. The van der Waals surface area contributed by atoms with Crippen LogP contribution in [0.25, 0.3) is 22.0 Å². The van der Waals surface area contributed by atoms with Gasteiger partial charge in [-0.15, -0.1) is 0 Å². The van der Waals surface area contributed by atoms with Crippen molar-refractivity contribution in [3.63, 3.8) is 0 Å². The van der Waals surface area contributed by atoms with Gasteiger partial charge in [-0.1, -0.05) is 24.3 Å². The number of nitrogens with one attached hydrogen (secondary N) is 1. The first-order valence-corrected chi connectivity index (χ1v) is 10.7. The van der Waals surface area contributed by atoms with Gasteiger partial charge in [0.1, 0.15) is 5.58 Å². The van der Waals surface area contributed by atoms with Crippen LogP contribution in [-0.2, 0) is 4.79 Å². The maximum atomic E-state index is 13.6. The molecular formula is C26H18N4O4. The molecule has 166 valence electrons. The zero-order valence-corrected chi connectivity index (χ0v) is 18.0. The molecule has 0 spiro atoms. The molecule has 2 aromatic carbocycles. The average Bonchev–Trinajstić information content (AvgIpc) is 3.53. The van der Waals surface area contributed by atoms with E-state index >= 15 is 0 Å². The Labute approximate surface area is 193 Å². The number of aliphatic hydroxyl groups is 1. The summed E-state index contributed by atoms with van der Waals surface area (Å²) in [6.07, 6.45) is 3.14. The molecule has 6 rings (SSSR count). The lowest BCUT2D eigenvalue weighted by Crippen LogP contribution is -2.32. The number of ketones is 1. The van der Waals surface area contributed by atoms with Gasteiger partial charge in [0.15, 0.2) is 11.5 Å². The van der Waals surface area contributed by atoms with Gasteiger partial charge in [-0.25, -0.2) is 4.98 Å². The number of hydrogen-bond donors (Lipinski definition) is 2. The fraction of sp³-hybridized carbons (Fsp3) is 0.0769. The SMILES string of the molecule is Cc1ccc2nc(N3C(=O)C(O)=C(C(=O)c4cc5ccccc5o4)C3c3ccncc3)[nH]c2c1. The van der Waals surface area contributed by atoms with Gasteiger partial charge < -0.3 is 14.5 Å². The van der Waals surface area contributed by atoms with Gasteiger partial charge in [0.05, 0.1) is 22.6 Å². The van der Waals surface area contributed by atoms with E-state index in [-0.39, 0.29) is 17.3 Å². The third kappa shape index (κ3) is 3.00. The number of carbonyl (C=O) groups excluding carboxylic acids is 2. The van der Waals surface area contributed by atoms with Crippen molar-refractivity contribution in [1.29, 1.82) is 0 Å². The number of aryl methyl sites for hydroxylation is 1. The molecule has 8 nitrogen and oxygen atoms in total. The van der Waals surface area contributed by atoms with Crippen molar-refractivity contribution in [2.75, 3.05) is 4.90 Å². The summed E-state index contributed by atoms with van der Waals surface area (Å²) in [5.74, 6) is -1.66. The quantitative estimate of drug-likeness (QED) is 0.381. The van der Waals surface area contributed by atoms with Crippen LogP contribution in [0.4, 0.5) is 5.95 Å². The lowest BCUT2D eigenvalue weighted by molar-refractivity contribution is -0.117. The highest BCUT2D eigenvalue weighted by atomic mass is 16.3. The smallest absolute Gasteiger partial charge is 0.296 e. The van der Waals surface area contributed by atoms with Gasteiger partial charge in [0.2, 0.25) is 11.7 Å². The van der Waals surface area contributed by atoms with Gasteiger partial charge in [0.25, 0.3) is 5.91 Å². The Morgan fingerprint density at radius 2 is 1.88 bits per heavy atom. The molecule has 0 saturated carbocycles. The molecule has 5 aromatic rings. The van der Waals surface area contributed by atoms with Crippen LogP contribution < -0.4 is 4.90 Å². The molecule has 1 aliphatic rings. The number of Topliss-reactive ketones (excluding diaryl/α,β-unsaturated/α-hetero) is 1. The maximum Gasteiger partial charge on any atom is 0.296 e. The number of amides is 1. The number of fused-ring (bicyclic) bond motifs is 2. The topological polar surface area (TPSA) is 112 Å². The number of H-pyrrole nitrogens is 1. The van der Waals surface area contributed by atoms with Gasteiger partial charge >= 0.3 is 0 Å². The first-order chi connectivity index (χ1) is 16.5. The third-order valence-electron chi connectivity index (χ3n) is 5.98. The second-order valence-corrected chi connectivity index (χ2v) is 8.18. The van der Waals surface area contributed by atoms with E-state index in [1.165, 1.54) is 4.90 Å². The standard InChI is InChI=1S/C26H18N4O4/c1-14-6-7-17-18(12-14)29-26(28-17)30-22(15-8-10-27-11-9-15)21(24(32)25(30)33)23(31)20-13-16-4-2-3-5-19(16)34-20/h2-13,22,32H,1H3,(H,28,29). The lowest BCUT2D eigenvalue weighted by atomic mass is 9.96. The summed E-state index contributed by atoms with van der Waals surface area (Å²) in [5.41, 5.74) is 3.50. The van der Waals surface area contributed by atoms with Crippen molar-refractivity contribution in [3.8, 4) is 0 Å². The molecule has 1 unspecified atom stereocenters. The molecule has 0 bridgehead atoms. The second kappa shape index (κ2) is 7.41. The number of rotatable bonds is 4. The second-order valence-electron chi connectivity index (χ2n) is 8.18. The van der Waals surface area contributed by atoms with Crippen LogP contribution in [0.5, 0.6) is 0 Å². The summed E-state index contributed by atoms with van der Waals surface area (Å²) >= 11 is 0. The minimum Gasteiger partial charge on any atom is -0.503 e. The number of imidazole rings is 1. The molecule has 4 heterocycles. The van der Waals surface area contributed by atoms with Crippen molar-refractivity contribution >= 4 is 39.6 Å². The number of carbonyl (C=O) groups is 2. The fourth-order valence-corrected chi connectivity index (χ4v) is 4.37. The van der Waals surface area contributed by atoms with Crippen molar-refractivity contribution in [1.82, 2.24) is 15.0 Å². The minimum absolute atomic E-state index is 0.0386. The zero-order chi connectivity index (χ0) is 23.4. The van der Waals surface area contributed by atoms with Crippen LogP contribution in [0.15, 0.2) is 88.8 Å². The van der Waals surface area contributed by atoms with E-state index in [2.05, 4.69) is 15.0 Å². The third-order valence-corrected chi connectivity index (χ3v) is 5.98. The Balaban J connectivity index is 1.51. The van der Waals surface area contributed by atoms with E-state index in [9.17, 15) is 14.7 Å². The predicted octanol–water partition coefficient (Wildman–Crippen LogP) is 4.80. The van der Waals surface area contributed by atoms with E-state index in [0.29, 0.717) is 16.7 Å². The summed E-state index contributed by atoms with van der Waals surface area (Å²) in [6, 6.07) is 17.0. The molecule has 8 heteroatoms. The molecular weight excluding hydrogens is 432 g/mol. The van der Waals surface area contributed by atoms with Gasteiger partial charge in [0, 0.05) is 17.8 Å². The molecule has 34 heavy (non-hydrogen) atoms. The van der Waals surface area contributed by atoms with E-state index < -0.39 is 23.5 Å². The minimum atomic E-state index is -0.919. The van der Waals surface area contributed by atoms with Crippen LogP contribution in [-0.4, -0.2) is 31.7 Å². The number of hydrogen-bond acceptors (Lipinski definition) is 6. The molecule has 0 fully saturated rings. The van der Waals surface area contributed by atoms with Crippen LogP contribution in [0.3, 0.4) is 0 Å². The summed E-state index contributed by atoms with van der Waals surface area (Å²) in [7, 11) is 0. The highest BCUT2D eigenvalue weighted by molar-refractivity contribution is 6.20. The van der Waals surface area contributed by atoms with Crippen molar-refractivity contribution in [2.45, 2.75) is 13.0 Å². The van der Waals surface area contributed by atoms with E-state index in [0.717, 1.165) is 16.5 Å². The van der Waals surface area contributed by atoms with Crippen LogP contribution in [0.1, 0.15) is 27.7 Å². The molecule has 0 saturated heterocycles. The predicted molar refractivity (Wildman–Crippen MR) is 125 cm³/mol.